The summed E-state index contributed by atoms with van der Waals surface area (Å²) in [4.78, 5) is 23.8. The van der Waals surface area contributed by atoms with Crippen LogP contribution >= 0.6 is 11.3 Å². The summed E-state index contributed by atoms with van der Waals surface area (Å²) in [5.41, 5.74) is 5.40. The molecule has 0 aliphatic rings. The van der Waals surface area contributed by atoms with Gasteiger partial charge in [-0.1, -0.05) is 18.2 Å². The first-order chi connectivity index (χ1) is 10.2. The molecule has 0 spiro atoms. The van der Waals surface area contributed by atoms with Crippen molar-refractivity contribution in [3.05, 3.63) is 46.7 Å². The van der Waals surface area contributed by atoms with Crippen LogP contribution in [0, 0.1) is 0 Å². The normalized spacial score (nSPS) is 9.76. The average Bonchev–Trinajstić information content (AvgIpc) is 3.05. The van der Waals surface area contributed by atoms with Crippen molar-refractivity contribution in [1.82, 2.24) is 10.9 Å². The number of rotatable bonds is 5. The van der Waals surface area contributed by atoms with Gasteiger partial charge in [0, 0.05) is 0 Å². The van der Waals surface area contributed by atoms with Crippen LogP contribution in [0.5, 0.6) is 5.75 Å². The molecule has 0 radical (unpaired) electrons. The maximum Gasteiger partial charge on any atom is 0.279 e. The SMILES string of the molecule is COc1ccccc1NCC(=O)NNC(=O)c1cccs1. The van der Waals surface area contributed by atoms with E-state index >= 15 is 0 Å². The fourth-order valence-corrected chi connectivity index (χ4v) is 2.23. The van der Waals surface area contributed by atoms with Crippen molar-refractivity contribution < 1.29 is 14.3 Å². The summed E-state index contributed by atoms with van der Waals surface area (Å²) in [6, 6.07) is 10.7. The van der Waals surface area contributed by atoms with Crippen molar-refractivity contribution >= 4 is 28.8 Å². The smallest absolute Gasteiger partial charge is 0.279 e. The second kappa shape index (κ2) is 7.30. The Morgan fingerprint density at radius 2 is 1.95 bits per heavy atom. The number of anilines is 1. The van der Waals surface area contributed by atoms with E-state index in [1.165, 1.54) is 11.3 Å². The minimum absolute atomic E-state index is 0.0189. The van der Waals surface area contributed by atoms with Crippen molar-refractivity contribution in [1.29, 1.82) is 0 Å². The summed E-state index contributed by atoms with van der Waals surface area (Å²) in [6.07, 6.45) is 0. The van der Waals surface area contributed by atoms with Crippen LogP contribution < -0.4 is 20.9 Å². The zero-order chi connectivity index (χ0) is 15.1. The Morgan fingerprint density at radius 3 is 2.67 bits per heavy atom. The van der Waals surface area contributed by atoms with Crippen LogP contribution in [0.1, 0.15) is 9.67 Å². The molecule has 2 rings (SSSR count). The number of amides is 2. The molecule has 1 aromatic carbocycles. The Hall–Kier alpha value is -2.54. The van der Waals surface area contributed by atoms with E-state index in [4.69, 9.17) is 4.74 Å². The summed E-state index contributed by atoms with van der Waals surface area (Å²) >= 11 is 1.30. The molecule has 1 aromatic heterocycles. The van der Waals surface area contributed by atoms with Crippen molar-refractivity contribution in [3.8, 4) is 5.75 Å². The number of benzene rings is 1. The average molecular weight is 305 g/mol. The van der Waals surface area contributed by atoms with Gasteiger partial charge in [0.2, 0.25) is 0 Å². The third-order valence-corrected chi connectivity index (χ3v) is 3.48. The van der Waals surface area contributed by atoms with Crippen LogP contribution in [0.3, 0.4) is 0 Å². The van der Waals surface area contributed by atoms with Gasteiger partial charge in [-0.05, 0) is 23.6 Å². The highest BCUT2D eigenvalue weighted by Gasteiger charge is 2.08. The van der Waals surface area contributed by atoms with Gasteiger partial charge in [-0.3, -0.25) is 20.4 Å². The molecule has 21 heavy (non-hydrogen) atoms. The molecule has 0 aliphatic carbocycles. The number of para-hydroxylation sites is 2. The predicted octanol–water partition coefficient (Wildman–Crippen LogP) is 1.63. The van der Waals surface area contributed by atoms with Crippen LogP contribution in [0.4, 0.5) is 5.69 Å². The van der Waals surface area contributed by atoms with Crippen LogP contribution in [-0.2, 0) is 4.79 Å². The van der Waals surface area contributed by atoms with Crippen LogP contribution in [0.25, 0.3) is 0 Å². The predicted molar refractivity (Wildman–Crippen MR) is 81.4 cm³/mol. The van der Waals surface area contributed by atoms with Gasteiger partial charge in [-0.15, -0.1) is 11.3 Å². The van der Waals surface area contributed by atoms with Gasteiger partial charge in [0.15, 0.2) is 0 Å². The monoisotopic (exact) mass is 305 g/mol. The zero-order valence-electron chi connectivity index (χ0n) is 11.4. The maximum absolute atomic E-state index is 11.7. The van der Waals surface area contributed by atoms with Gasteiger partial charge in [0.05, 0.1) is 24.2 Å². The highest BCUT2D eigenvalue weighted by atomic mass is 32.1. The van der Waals surface area contributed by atoms with E-state index in [1.54, 1.807) is 36.8 Å². The number of carbonyl (C=O) groups excluding carboxylic acids is 2. The first-order valence-electron chi connectivity index (χ1n) is 6.20. The van der Waals surface area contributed by atoms with E-state index < -0.39 is 0 Å². The second-order valence-corrected chi connectivity index (χ2v) is 4.98. The van der Waals surface area contributed by atoms with Crippen molar-refractivity contribution in [3.63, 3.8) is 0 Å². The third-order valence-electron chi connectivity index (χ3n) is 2.61. The Bertz CT molecular complexity index is 614. The molecule has 6 nitrogen and oxygen atoms in total. The molecule has 0 saturated heterocycles. The minimum Gasteiger partial charge on any atom is -0.495 e. The number of carbonyl (C=O) groups is 2. The van der Waals surface area contributed by atoms with Crippen LogP contribution in [0.15, 0.2) is 41.8 Å². The molecule has 110 valence electrons. The summed E-state index contributed by atoms with van der Waals surface area (Å²) in [5.74, 6) is -0.0469. The van der Waals surface area contributed by atoms with Gasteiger partial charge in [0.1, 0.15) is 5.75 Å². The van der Waals surface area contributed by atoms with Gasteiger partial charge < -0.3 is 10.1 Å². The molecule has 2 amide bonds. The molecular weight excluding hydrogens is 290 g/mol. The largest absolute Gasteiger partial charge is 0.495 e. The Morgan fingerprint density at radius 1 is 1.14 bits per heavy atom. The lowest BCUT2D eigenvalue weighted by Crippen LogP contribution is -2.43. The molecule has 0 saturated carbocycles. The molecule has 0 aliphatic heterocycles. The Labute approximate surface area is 126 Å². The van der Waals surface area contributed by atoms with Gasteiger partial charge >= 0.3 is 0 Å². The number of ether oxygens (including phenoxy) is 1. The third kappa shape index (κ3) is 4.22. The molecule has 2 aromatic rings. The quantitative estimate of drug-likeness (QED) is 0.734. The molecular formula is C14H15N3O3S. The van der Waals surface area contributed by atoms with Crippen molar-refractivity contribution in [2.24, 2.45) is 0 Å². The number of methoxy groups -OCH3 is 1. The minimum atomic E-state index is -0.356. The summed E-state index contributed by atoms with van der Waals surface area (Å²) in [7, 11) is 1.56. The van der Waals surface area contributed by atoms with Crippen molar-refractivity contribution in [2.75, 3.05) is 19.0 Å². The summed E-state index contributed by atoms with van der Waals surface area (Å²) in [6.45, 7) is 0.0189. The fourth-order valence-electron chi connectivity index (χ4n) is 1.61. The van der Waals surface area contributed by atoms with E-state index in [0.717, 1.165) is 0 Å². The first-order valence-corrected chi connectivity index (χ1v) is 7.08. The standard InChI is InChI=1S/C14H15N3O3S/c1-20-11-6-3-2-5-10(11)15-9-13(18)16-17-14(19)12-7-4-8-21-12/h2-8,15H,9H2,1H3,(H,16,18)(H,17,19). The number of hydrazine groups is 1. The molecule has 3 N–H and O–H groups in total. The van der Waals surface area contributed by atoms with Gasteiger partial charge in [-0.2, -0.15) is 0 Å². The van der Waals surface area contributed by atoms with E-state index in [9.17, 15) is 9.59 Å². The topological polar surface area (TPSA) is 79.5 Å². The summed E-state index contributed by atoms with van der Waals surface area (Å²) < 4.78 is 5.16. The van der Waals surface area contributed by atoms with Gasteiger partial charge in [0.25, 0.3) is 11.8 Å². The lowest BCUT2D eigenvalue weighted by atomic mass is 10.3. The first kappa shape index (κ1) is 14.9. The number of hydrogen-bond donors (Lipinski definition) is 3. The number of nitrogens with one attached hydrogen (secondary N) is 3. The van der Waals surface area contributed by atoms with Gasteiger partial charge in [-0.25, -0.2) is 0 Å². The maximum atomic E-state index is 11.7. The lowest BCUT2D eigenvalue weighted by molar-refractivity contribution is -0.120. The lowest BCUT2D eigenvalue weighted by Gasteiger charge is -2.11. The highest BCUT2D eigenvalue weighted by Crippen LogP contribution is 2.22. The van der Waals surface area contributed by atoms with E-state index in [1.807, 2.05) is 12.1 Å². The highest BCUT2D eigenvalue weighted by molar-refractivity contribution is 7.12. The van der Waals surface area contributed by atoms with Crippen LogP contribution in [-0.4, -0.2) is 25.5 Å². The molecule has 0 atom stereocenters. The number of thiophene rings is 1. The Kier molecular flexibility index (Phi) is 5.16. The second-order valence-electron chi connectivity index (χ2n) is 4.03. The molecule has 1 heterocycles. The zero-order valence-corrected chi connectivity index (χ0v) is 12.2. The molecule has 0 bridgehead atoms. The van der Waals surface area contributed by atoms with Crippen molar-refractivity contribution in [2.45, 2.75) is 0 Å². The fraction of sp³-hybridized carbons (Fsp3) is 0.143. The summed E-state index contributed by atoms with van der Waals surface area (Å²) in [5, 5.41) is 4.73. The molecule has 0 unspecified atom stereocenters. The molecule has 7 heteroatoms. The van der Waals surface area contributed by atoms with Crippen LogP contribution in [0.2, 0.25) is 0 Å². The number of hydrogen-bond acceptors (Lipinski definition) is 5. The Balaban J connectivity index is 1.78. The molecule has 0 fully saturated rings. The van der Waals surface area contributed by atoms with E-state index in [-0.39, 0.29) is 18.4 Å². The van der Waals surface area contributed by atoms with E-state index in [0.29, 0.717) is 16.3 Å². The van der Waals surface area contributed by atoms with E-state index in [2.05, 4.69) is 16.2 Å².